The summed E-state index contributed by atoms with van der Waals surface area (Å²) < 4.78 is 11.9. The number of hydrogen-bond acceptors (Lipinski definition) is 5. The van der Waals surface area contributed by atoms with Crippen LogP contribution in [0, 0.1) is 0 Å². The zero-order valence-electron chi connectivity index (χ0n) is 18.8. The second-order valence-electron chi connectivity index (χ2n) is 7.90. The lowest BCUT2D eigenvalue weighted by Gasteiger charge is -2.25. The highest BCUT2D eigenvalue weighted by atomic mass is 79.9. The van der Waals surface area contributed by atoms with Crippen LogP contribution in [0.1, 0.15) is 44.4 Å². The van der Waals surface area contributed by atoms with Crippen LogP contribution in [0.5, 0.6) is 5.75 Å². The fourth-order valence-corrected chi connectivity index (χ4v) is 4.23. The number of rotatable bonds is 9. The van der Waals surface area contributed by atoms with Crippen LogP contribution in [0.3, 0.4) is 0 Å². The molecule has 1 fully saturated rings. The molecule has 1 atom stereocenters. The summed E-state index contributed by atoms with van der Waals surface area (Å²) in [5.41, 5.74) is 1.10. The molecule has 33 heavy (non-hydrogen) atoms. The minimum Gasteiger partial charge on any atom is -0.507 e. The van der Waals surface area contributed by atoms with E-state index in [0.717, 1.165) is 10.0 Å². The van der Waals surface area contributed by atoms with E-state index < -0.39 is 17.7 Å². The van der Waals surface area contributed by atoms with E-state index in [1.165, 1.54) is 11.0 Å². The Bertz CT molecular complexity index is 1050. The Morgan fingerprint density at radius 1 is 1.18 bits per heavy atom. The van der Waals surface area contributed by atoms with Gasteiger partial charge in [0.2, 0.25) is 0 Å². The highest BCUT2D eigenvalue weighted by Gasteiger charge is 2.45. The number of hydrogen-bond donors (Lipinski definition) is 1. The van der Waals surface area contributed by atoms with E-state index in [9.17, 15) is 14.7 Å². The van der Waals surface area contributed by atoms with Crippen molar-refractivity contribution in [2.45, 2.75) is 39.3 Å². The molecule has 0 saturated carbocycles. The summed E-state index contributed by atoms with van der Waals surface area (Å²) in [5, 5.41) is 11.5. The van der Waals surface area contributed by atoms with Crippen LogP contribution in [-0.2, 0) is 14.3 Å². The molecule has 8 heteroatoms. The average Bonchev–Trinajstić information content (AvgIpc) is 3.03. The third kappa shape index (κ3) is 5.78. The van der Waals surface area contributed by atoms with E-state index >= 15 is 0 Å². The third-order valence-electron chi connectivity index (χ3n) is 5.23. The first-order chi connectivity index (χ1) is 15.7. The number of ether oxygens (including phenoxy) is 2. The van der Waals surface area contributed by atoms with Crippen molar-refractivity contribution in [3.05, 3.63) is 68.7 Å². The smallest absolute Gasteiger partial charge is 0.295 e. The Kier molecular flexibility index (Phi) is 8.57. The molecule has 0 spiro atoms. The molecule has 0 aliphatic carbocycles. The summed E-state index contributed by atoms with van der Waals surface area (Å²) in [6.07, 6.45) is 0.639. The van der Waals surface area contributed by atoms with Gasteiger partial charge in [0, 0.05) is 23.2 Å². The topological polar surface area (TPSA) is 76.1 Å². The molecular formula is C25H27BrClNO5. The van der Waals surface area contributed by atoms with Crippen molar-refractivity contribution in [3.63, 3.8) is 0 Å². The Labute approximate surface area is 207 Å². The normalized spacial score (nSPS) is 17.8. The van der Waals surface area contributed by atoms with Gasteiger partial charge in [0.15, 0.2) is 0 Å². The number of aliphatic hydroxyl groups excluding tert-OH is 1. The van der Waals surface area contributed by atoms with E-state index in [0.29, 0.717) is 42.5 Å². The maximum Gasteiger partial charge on any atom is 0.295 e. The van der Waals surface area contributed by atoms with Crippen molar-refractivity contribution in [3.8, 4) is 5.75 Å². The molecule has 6 nitrogen and oxygen atoms in total. The first-order valence-electron chi connectivity index (χ1n) is 10.8. The van der Waals surface area contributed by atoms with Crippen LogP contribution in [0.25, 0.3) is 5.76 Å². The average molecular weight is 537 g/mol. The van der Waals surface area contributed by atoms with Gasteiger partial charge in [0.25, 0.3) is 11.7 Å². The van der Waals surface area contributed by atoms with Gasteiger partial charge in [-0.3, -0.25) is 9.59 Å². The van der Waals surface area contributed by atoms with E-state index in [1.807, 2.05) is 45.0 Å². The summed E-state index contributed by atoms with van der Waals surface area (Å²) in [4.78, 5) is 27.5. The lowest BCUT2D eigenvalue weighted by molar-refractivity contribution is -0.140. The van der Waals surface area contributed by atoms with Gasteiger partial charge in [-0.05, 0) is 63.1 Å². The zero-order valence-corrected chi connectivity index (χ0v) is 21.1. The van der Waals surface area contributed by atoms with E-state index in [4.69, 9.17) is 21.1 Å². The largest absolute Gasteiger partial charge is 0.507 e. The van der Waals surface area contributed by atoms with Gasteiger partial charge in [-0.25, -0.2) is 0 Å². The maximum absolute atomic E-state index is 13.1. The molecule has 0 unspecified atom stereocenters. The highest BCUT2D eigenvalue weighted by molar-refractivity contribution is 9.10. The van der Waals surface area contributed by atoms with Crippen LogP contribution >= 0.6 is 27.5 Å². The molecular weight excluding hydrogens is 510 g/mol. The van der Waals surface area contributed by atoms with E-state index in [1.54, 1.807) is 12.1 Å². The van der Waals surface area contributed by atoms with Crippen molar-refractivity contribution < 1.29 is 24.2 Å². The number of amides is 1. The number of Topliss-reactive ketones (excluding diaryl/α,β-unsaturated/α-hetero) is 1. The molecule has 1 saturated heterocycles. The number of aliphatic hydroxyl groups is 1. The Balaban J connectivity index is 2.03. The number of halogens is 2. The van der Waals surface area contributed by atoms with Crippen molar-refractivity contribution >= 4 is 45.0 Å². The predicted octanol–water partition coefficient (Wildman–Crippen LogP) is 5.74. The SMILES string of the molecule is CCOc1ccc(C(O)=C2C(=O)C(=O)N(CCCOC(C)C)[C@H]2c2ccc(Br)cc2)cc1Cl. The Hall–Kier alpha value is -2.35. The van der Waals surface area contributed by atoms with Gasteiger partial charge in [-0.2, -0.15) is 0 Å². The van der Waals surface area contributed by atoms with Gasteiger partial charge in [0.1, 0.15) is 11.5 Å². The third-order valence-corrected chi connectivity index (χ3v) is 6.05. The van der Waals surface area contributed by atoms with Crippen LogP contribution < -0.4 is 4.74 Å². The lowest BCUT2D eigenvalue weighted by Crippen LogP contribution is -2.31. The van der Waals surface area contributed by atoms with Crippen molar-refractivity contribution in [1.82, 2.24) is 4.90 Å². The van der Waals surface area contributed by atoms with Crippen LogP contribution in [0.4, 0.5) is 0 Å². The van der Waals surface area contributed by atoms with Gasteiger partial charge in [-0.1, -0.05) is 39.7 Å². The summed E-state index contributed by atoms with van der Waals surface area (Å²) in [7, 11) is 0. The number of nitrogens with zero attached hydrogens (tertiary/aromatic N) is 1. The Morgan fingerprint density at radius 2 is 1.88 bits per heavy atom. The second-order valence-corrected chi connectivity index (χ2v) is 9.22. The lowest BCUT2D eigenvalue weighted by atomic mass is 9.95. The predicted molar refractivity (Wildman–Crippen MR) is 131 cm³/mol. The molecule has 176 valence electrons. The first kappa shape index (κ1) is 25.3. The van der Waals surface area contributed by atoms with Crippen LogP contribution in [-0.4, -0.2) is 47.6 Å². The monoisotopic (exact) mass is 535 g/mol. The number of carbonyl (C=O) groups is 2. The van der Waals surface area contributed by atoms with Crippen molar-refractivity contribution in [1.29, 1.82) is 0 Å². The van der Waals surface area contributed by atoms with Crippen LogP contribution in [0.15, 0.2) is 52.5 Å². The van der Waals surface area contributed by atoms with Crippen molar-refractivity contribution in [2.75, 3.05) is 19.8 Å². The second kappa shape index (κ2) is 11.2. The quantitative estimate of drug-likeness (QED) is 0.191. The first-order valence-corrected chi connectivity index (χ1v) is 12.0. The maximum atomic E-state index is 13.1. The Morgan fingerprint density at radius 3 is 2.48 bits per heavy atom. The van der Waals surface area contributed by atoms with E-state index in [-0.39, 0.29) is 17.4 Å². The summed E-state index contributed by atoms with van der Waals surface area (Å²) in [6, 6.07) is 11.4. The van der Waals surface area contributed by atoms with E-state index in [2.05, 4.69) is 15.9 Å². The zero-order chi connectivity index (χ0) is 24.1. The van der Waals surface area contributed by atoms with Gasteiger partial charge in [0.05, 0.1) is 29.3 Å². The standard InChI is InChI=1S/C25H27BrClNO5/c1-4-32-20-11-8-17(14-19(20)27)23(29)21-22(16-6-9-18(26)10-7-16)28(25(31)24(21)30)12-5-13-33-15(2)3/h6-11,14-15,22,29H,4-5,12-13H2,1-3H3/t22-/m0/s1. The van der Waals surface area contributed by atoms with Crippen LogP contribution in [0.2, 0.25) is 5.02 Å². The molecule has 1 aliphatic rings. The molecule has 0 bridgehead atoms. The highest BCUT2D eigenvalue weighted by Crippen LogP contribution is 2.40. The number of carbonyl (C=O) groups excluding carboxylic acids is 2. The minimum absolute atomic E-state index is 0.0346. The molecule has 2 aromatic rings. The molecule has 1 heterocycles. The summed E-state index contributed by atoms with van der Waals surface area (Å²) in [5.74, 6) is -1.17. The fourth-order valence-electron chi connectivity index (χ4n) is 3.73. The molecule has 1 N–H and O–H groups in total. The van der Waals surface area contributed by atoms with Crippen molar-refractivity contribution in [2.24, 2.45) is 0 Å². The van der Waals surface area contributed by atoms with Gasteiger partial charge >= 0.3 is 0 Å². The number of likely N-dealkylation sites (tertiary alicyclic amines) is 1. The molecule has 1 amide bonds. The number of benzene rings is 2. The number of ketones is 1. The summed E-state index contributed by atoms with van der Waals surface area (Å²) >= 11 is 9.71. The van der Waals surface area contributed by atoms with Gasteiger partial charge < -0.3 is 19.5 Å². The minimum atomic E-state index is -0.727. The molecule has 2 aromatic carbocycles. The molecule has 0 radical (unpaired) electrons. The molecule has 0 aromatic heterocycles. The molecule has 1 aliphatic heterocycles. The van der Waals surface area contributed by atoms with Gasteiger partial charge in [-0.15, -0.1) is 0 Å². The summed E-state index contributed by atoms with van der Waals surface area (Å²) in [6.45, 7) is 6.95. The molecule has 3 rings (SSSR count). The fraction of sp³-hybridized carbons (Fsp3) is 0.360.